The van der Waals surface area contributed by atoms with Crippen molar-refractivity contribution in [2.45, 2.75) is 0 Å². The van der Waals surface area contributed by atoms with Crippen molar-refractivity contribution in [1.82, 2.24) is 4.57 Å². The van der Waals surface area contributed by atoms with Crippen molar-refractivity contribution in [1.29, 1.82) is 0 Å². The Morgan fingerprint density at radius 3 is 2.46 bits per heavy atom. The van der Waals surface area contributed by atoms with Crippen LogP contribution in [-0.4, -0.2) is 23.6 Å². The van der Waals surface area contributed by atoms with Crippen LogP contribution in [0.5, 0.6) is 0 Å². The fourth-order valence-electron chi connectivity index (χ4n) is 2.23. The Hall–Kier alpha value is -2.44. The zero-order valence-corrected chi connectivity index (χ0v) is 14.5. The van der Waals surface area contributed by atoms with Crippen LogP contribution in [0.25, 0.3) is 10.2 Å². The van der Waals surface area contributed by atoms with Crippen molar-refractivity contribution in [3.63, 3.8) is 0 Å². The molecule has 3 aromatic rings. The van der Waals surface area contributed by atoms with Crippen LogP contribution in [0.4, 0.5) is 0 Å². The average molecular weight is 361 g/mol. The van der Waals surface area contributed by atoms with Crippen LogP contribution in [0.1, 0.15) is 20.7 Å². The minimum Gasteiger partial charge on any atom is -0.465 e. The van der Waals surface area contributed by atoms with Crippen LogP contribution in [0.15, 0.2) is 47.5 Å². The Kier molecular flexibility index (Phi) is 4.51. The number of amides is 1. The van der Waals surface area contributed by atoms with Gasteiger partial charge in [-0.3, -0.25) is 4.79 Å². The maximum Gasteiger partial charge on any atom is 0.337 e. The molecule has 1 heterocycles. The van der Waals surface area contributed by atoms with Crippen molar-refractivity contribution in [2.75, 3.05) is 7.11 Å². The number of carbonyl (C=O) groups is 2. The minimum atomic E-state index is -0.446. The van der Waals surface area contributed by atoms with Crippen LogP contribution in [-0.2, 0) is 11.8 Å². The van der Waals surface area contributed by atoms with Crippen LogP contribution >= 0.6 is 22.9 Å². The Morgan fingerprint density at radius 2 is 1.79 bits per heavy atom. The highest BCUT2D eigenvalue weighted by Crippen LogP contribution is 2.21. The number of benzene rings is 2. The predicted molar refractivity (Wildman–Crippen MR) is 93.5 cm³/mol. The molecule has 24 heavy (non-hydrogen) atoms. The van der Waals surface area contributed by atoms with Gasteiger partial charge in [0, 0.05) is 17.6 Å². The fourth-order valence-corrected chi connectivity index (χ4v) is 3.53. The van der Waals surface area contributed by atoms with Gasteiger partial charge in [-0.15, -0.1) is 0 Å². The highest BCUT2D eigenvalue weighted by molar-refractivity contribution is 7.16. The Bertz CT molecular complexity index is 1000. The summed E-state index contributed by atoms with van der Waals surface area (Å²) in [5.74, 6) is -0.821. The molecule has 0 saturated heterocycles. The van der Waals surface area contributed by atoms with E-state index in [9.17, 15) is 9.59 Å². The molecule has 0 aliphatic rings. The van der Waals surface area contributed by atoms with Crippen molar-refractivity contribution < 1.29 is 14.3 Å². The minimum absolute atomic E-state index is 0.375. The van der Waals surface area contributed by atoms with E-state index in [4.69, 9.17) is 11.6 Å². The Balaban J connectivity index is 1.97. The number of hydrogen-bond acceptors (Lipinski definition) is 4. The molecule has 0 spiro atoms. The van der Waals surface area contributed by atoms with Gasteiger partial charge < -0.3 is 9.30 Å². The summed E-state index contributed by atoms with van der Waals surface area (Å²) >= 11 is 7.39. The normalized spacial score (nSPS) is 11.7. The summed E-state index contributed by atoms with van der Waals surface area (Å²) in [5.41, 5.74) is 1.74. The summed E-state index contributed by atoms with van der Waals surface area (Å²) in [6, 6.07) is 11.7. The lowest BCUT2D eigenvalue weighted by molar-refractivity contribution is 0.0600. The third-order valence-corrected chi connectivity index (χ3v) is 4.85. The first kappa shape index (κ1) is 16.4. The van der Waals surface area contributed by atoms with Gasteiger partial charge in [0.05, 0.1) is 22.9 Å². The molecule has 7 heteroatoms. The first-order valence-electron chi connectivity index (χ1n) is 7.02. The van der Waals surface area contributed by atoms with Gasteiger partial charge >= 0.3 is 5.97 Å². The number of halogens is 1. The number of hydrogen-bond donors (Lipinski definition) is 0. The first-order valence-corrected chi connectivity index (χ1v) is 8.21. The van der Waals surface area contributed by atoms with Gasteiger partial charge in [-0.25, -0.2) is 4.79 Å². The molecular weight excluding hydrogens is 348 g/mol. The molecule has 5 nitrogen and oxygen atoms in total. The maximum atomic E-state index is 12.3. The van der Waals surface area contributed by atoms with Gasteiger partial charge in [-0.05, 0) is 42.5 Å². The lowest BCUT2D eigenvalue weighted by Crippen LogP contribution is -2.13. The zero-order valence-electron chi connectivity index (χ0n) is 12.9. The Morgan fingerprint density at radius 1 is 1.12 bits per heavy atom. The second kappa shape index (κ2) is 6.59. The van der Waals surface area contributed by atoms with Crippen molar-refractivity contribution in [2.24, 2.45) is 12.0 Å². The monoisotopic (exact) mass is 360 g/mol. The molecule has 0 fully saturated rings. The molecule has 0 unspecified atom stereocenters. The second-order valence-corrected chi connectivity index (χ2v) is 6.49. The third kappa shape index (κ3) is 3.11. The summed E-state index contributed by atoms with van der Waals surface area (Å²) in [6.45, 7) is 0. The van der Waals surface area contributed by atoms with Crippen LogP contribution in [0.3, 0.4) is 0 Å². The van der Waals surface area contributed by atoms with E-state index in [0.29, 0.717) is 21.0 Å². The highest BCUT2D eigenvalue weighted by atomic mass is 35.5. The molecule has 0 atom stereocenters. The van der Waals surface area contributed by atoms with Crippen LogP contribution in [0.2, 0.25) is 5.02 Å². The number of nitrogens with zero attached hydrogens (tertiary/aromatic N) is 2. The van der Waals surface area contributed by atoms with Crippen molar-refractivity contribution >= 4 is 45.0 Å². The maximum absolute atomic E-state index is 12.3. The molecule has 0 N–H and O–H groups in total. The standard InChI is InChI=1S/C17H13ClN2O3S/c1-20-13-8-7-12(18)9-14(13)24-17(20)19-15(21)10-3-5-11(6-4-10)16(22)23-2/h3-9H,1-2H3. The van der Waals surface area contributed by atoms with E-state index in [0.717, 1.165) is 10.2 Å². The van der Waals surface area contributed by atoms with Crippen LogP contribution in [0, 0.1) is 0 Å². The fraction of sp³-hybridized carbons (Fsp3) is 0.118. The number of aromatic nitrogens is 1. The molecule has 0 aliphatic heterocycles. The van der Waals surface area contributed by atoms with Gasteiger partial charge in [-0.2, -0.15) is 4.99 Å². The van der Waals surface area contributed by atoms with E-state index in [1.807, 2.05) is 23.7 Å². The van der Waals surface area contributed by atoms with Crippen LogP contribution < -0.4 is 4.80 Å². The summed E-state index contributed by atoms with van der Waals surface area (Å²) in [4.78, 5) is 28.5. The summed E-state index contributed by atoms with van der Waals surface area (Å²) in [5, 5.41) is 0.639. The van der Waals surface area contributed by atoms with E-state index in [2.05, 4.69) is 9.73 Å². The van der Waals surface area contributed by atoms with Gasteiger partial charge in [0.1, 0.15) is 0 Å². The number of methoxy groups -OCH3 is 1. The lowest BCUT2D eigenvalue weighted by Gasteiger charge is -2.00. The smallest absolute Gasteiger partial charge is 0.337 e. The zero-order chi connectivity index (χ0) is 17.3. The molecule has 2 aromatic carbocycles. The van der Waals surface area contributed by atoms with E-state index in [1.54, 1.807) is 30.3 Å². The summed E-state index contributed by atoms with van der Waals surface area (Å²) < 4.78 is 7.43. The van der Waals surface area contributed by atoms with Gasteiger partial charge in [0.2, 0.25) is 0 Å². The molecule has 0 radical (unpaired) electrons. The molecule has 1 amide bonds. The van der Waals surface area contributed by atoms with Gasteiger partial charge in [-0.1, -0.05) is 22.9 Å². The van der Waals surface area contributed by atoms with Gasteiger partial charge in [0.25, 0.3) is 5.91 Å². The van der Waals surface area contributed by atoms with E-state index in [-0.39, 0.29) is 5.91 Å². The number of aryl methyl sites for hydroxylation is 1. The number of ether oxygens (including phenoxy) is 1. The van der Waals surface area contributed by atoms with E-state index < -0.39 is 5.97 Å². The summed E-state index contributed by atoms with van der Waals surface area (Å²) in [7, 11) is 3.16. The summed E-state index contributed by atoms with van der Waals surface area (Å²) in [6.07, 6.45) is 0. The number of thiazole rings is 1. The number of esters is 1. The number of fused-ring (bicyclic) bond motifs is 1. The lowest BCUT2D eigenvalue weighted by atomic mass is 10.1. The van der Waals surface area contributed by atoms with E-state index >= 15 is 0 Å². The molecule has 3 rings (SSSR count). The largest absolute Gasteiger partial charge is 0.465 e. The SMILES string of the molecule is COC(=O)c1ccc(C(=O)N=c2sc3cc(Cl)ccc3n2C)cc1. The van der Waals surface area contributed by atoms with Gasteiger partial charge in [0.15, 0.2) is 4.80 Å². The highest BCUT2D eigenvalue weighted by Gasteiger charge is 2.10. The number of rotatable bonds is 2. The quantitative estimate of drug-likeness (QED) is 0.658. The molecule has 1 aromatic heterocycles. The predicted octanol–water partition coefficient (Wildman–Crippen LogP) is 3.42. The average Bonchev–Trinajstić information content (AvgIpc) is 2.89. The molecule has 122 valence electrons. The molecule has 0 bridgehead atoms. The molecule has 0 aliphatic carbocycles. The molecular formula is C17H13ClN2O3S. The third-order valence-electron chi connectivity index (χ3n) is 3.52. The van der Waals surface area contributed by atoms with Crippen molar-refractivity contribution in [3.05, 3.63) is 63.4 Å². The Labute approximate surface area is 146 Å². The number of carbonyl (C=O) groups excluding carboxylic acids is 2. The second-order valence-electron chi connectivity index (χ2n) is 5.04. The van der Waals surface area contributed by atoms with Crippen molar-refractivity contribution in [3.8, 4) is 0 Å². The topological polar surface area (TPSA) is 60.7 Å². The van der Waals surface area contributed by atoms with E-state index in [1.165, 1.54) is 18.4 Å². The molecule has 0 saturated carbocycles. The first-order chi connectivity index (χ1) is 11.5.